The van der Waals surface area contributed by atoms with Gasteiger partial charge in [-0.3, -0.25) is 9.59 Å². The second-order valence-corrected chi connectivity index (χ2v) is 24.1. The van der Waals surface area contributed by atoms with E-state index < -0.39 is 113 Å². The summed E-state index contributed by atoms with van der Waals surface area (Å²) in [6, 6.07) is 2.58. The summed E-state index contributed by atoms with van der Waals surface area (Å²) in [7, 11) is 7.18. The van der Waals surface area contributed by atoms with E-state index in [4.69, 9.17) is 42.6 Å². The Kier molecular flexibility index (Phi) is 20.4. The van der Waals surface area contributed by atoms with Crippen LogP contribution in [-0.4, -0.2) is 203 Å². The second-order valence-electron chi connectivity index (χ2n) is 24.1. The molecule has 20 nitrogen and oxygen atoms in total. The number of aromatic nitrogens is 1. The van der Waals surface area contributed by atoms with Crippen molar-refractivity contribution in [3.05, 3.63) is 45.8 Å². The monoisotopic (exact) mass is 1090 g/mol. The van der Waals surface area contributed by atoms with Crippen molar-refractivity contribution in [2.24, 2.45) is 17.8 Å². The number of rotatable bonds is 15. The minimum absolute atomic E-state index is 0.148. The molecule has 0 spiro atoms. The summed E-state index contributed by atoms with van der Waals surface area (Å²) >= 11 is 0. The van der Waals surface area contributed by atoms with Gasteiger partial charge >= 0.3 is 11.9 Å². The number of esters is 1. The molecule has 3 saturated heterocycles. The third-order valence-electron chi connectivity index (χ3n) is 16.8. The van der Waals surface area contributed by atoms with Gasteiger partial charge in [-0.15, -0.1) is 0 Å². The van der Waals surface area contributed by atoms with Crippen LogP contribution < -0.4 is 10.2 Å². The zero-order valence-corrected chi connectivity index (χ0v) is 48.4. The average molecular weight is 1090 g/mol. The molecule has 1 unspecified atom stereocenters. The molecule has 20 heteroatoms. The Labute approximate surface area is 454 Å². The highest BCUT2D eigenvalue weighted by Crippen LogP contribution is 2.42. The number of hydrogen-bond acceptors (Lipinski definition) is 18. The smallest absolute Gasteiger partial charge is 0.341 e. The zero-order chi connectivity index (χ0) is 57.3. The standard InChI is InChI=1S/C57H91N3O17/c1-17-42-57(12,68)48(63)35(6)59(15)28-31(2)26-55(10,67)49(77-53-46(62)40(58(13)14)23-32(3)73-53)33(4)47(34(5)52(66)75-42)76-43-27-56(11,69-16)50(36(7)74-43)71-22-21-70-20-18-19-37-24-38-44-41(25-37)72-30-54(8,9)60(44)29-39(45(38)61)51(64)65/h18-19,24-25,29,31-36,40,42-43,46-50,53,62-63,67-68H,17,20-23,26-28,30H2,1-16H3,(H,64,65)/b19-18+/t31-,32-,33+,34-,35-,36+,40+,42-,43?,46-,47+,48+,49-,50+,53+,55-,56-,57-/m1/s1. The van der Waals surface area contributed by atoms with E-state index in [9.17, 15) is 39.9 Å². The Morgan fingerprint density at radius 1 is 0.948 bits per heavy atom. The van der Waals surface area contributed by atoms with Crippen molar-refractivity contribution in [3.8, 4) is 5.75 Å². The first kappa shape index (κ1) is 62.6. The molecule has 77 heavy (non-hydrogen) atoms. The summed E-state index contributed by atoms with van der Waals surface area (Å²) in [5, 5.41) is 58.2. The van der Waals surface area contributed by atoms with Gasteiger partial charge in [-0.05, 0) is 126 Å². The lowest BCUT2D eigenvalue weighted by Crippen LogP contribution is -2.61. The summed E-state index contributed by atoms with van der Waals surface area (Å²) in [4.78, 5) is 43.8. The van der Waals surface area contributed by atoms with Gasteiger partial charge in [0.2, 0.25) is 5.43 Å². The largest absolute Gasteiger partial charge is 0.489 e. The summed E-state index contributed by atoms with van der Waals surface area (Å²) in [5.41, 5.74) is -4.72. The minimum Gasteiger partial charge on any atom is -0.489 e. The lowest BCUT2D eigenvalue weighted by Gasteiger charge is -2.49. The Bertz CT molecular complexity index is 2430. The van der Waals surface area contributed by atoms with Crippen LogP contribution in [0.4, 0.5) is 0 Å². The number of methoxy groups -OCH3 is 1. The van der Waals surface area contributed by atoms with E-state index in [0.29, 0.717) is 36.4 Å². The predicted octanol–water partition coefficient (Wildman–Crippen LogP) is 4.80. The summed E-state index contributed by atoms with van der Waals surface area (Å²) in [5.74, 6) is -3.57. The van der Waals surface area contributed by atoms with Crippen molar-refractivity contribution in [1.29, 1.82) is 0 Å². The highest BCUT2D eigenvalue weighted by molar-refractivity contribution is 5.95. The number of pyridine rings is 1. The van der Waals surface area contributed by atoms with Gasteiger partial charge in [0.1, 0.15) is 47.9 Å². The maximum atomic E-state index is 14.6. The van der Waals surface area contributed by atoms with E-state index in [1.807, 2.05) is 85.5 Å². The number of aliphatic hydroxyl groups excluding tert-OH is 2. The van der Waals surface area contributed by atoms with Crippen LogP contribution >= 0.6 is 0 Å². The van der Waals surface area contributed by atoms with Gasteiger partial charge in [-0.2, -0.15) is 0 Å². The molecule has 1 aromatic carbocycles. The molecule has 0 saturated carbocycles. The molecular weight excluding hydrogens is 999 g/mol. The van der Waals surface area contributed by atoms with E-state index >= 15 is 0 Å². The van der Waals surface area contributed by atoms with Gasteiger partial charge < -0.3 is 82.5 Å². The normalized spacial score (nSPS) is 38.8. The zero-order valence-electron chi connectivity index (χ0n) is 48.4. The number of carbonyl (C=O) groups is 2. The van der Waals surface area contributed by atoms with Crippen molar-refractivity contribution >= 4 is 28.9 Å². The Balaban J connectivity index is 1.21. The topological polar surface area (TPSA) is 247 Å². The van der Waals surface area contributed by atoms with Crippen LogP contribution in [0, 0.1) is 17.8 Å². The molecule has 0 radical (unpaired) electrons. The van der Waals surface area contributed by atoms with Crippen LogP contribution in [0.2, 0.25) is 0 Å². The van der Waals surface area contributed by atoms with E-state index in [1.54, 1.807) is 57.6 Å². The fourth-order valence-corrected chi connectivity index (χ4v) is 12.2. The fourth-order valence-electron chi connectivity index (χ4n) is 12.2. The number of aliphatic hydroxyl groups is 4. The number of benzene rings is 1. The summed E-state index contributed by atoms with van der Waals surface area (Å²) in [6.07, 6.45) is -3.30. The van der Waals surface area contributed by atoms with Crippen LogP contribution in [0.25, 0.3) is 17.0 Å². The Hall–Kier alpha value is -3.61. The van der Waals surface area contributed by atoms with E-state index in [0.717, 1.165) is 0 Å². The number of carbonyl (C=O) groups excluding carboxylic acids is 1. The van der Waals surface area contributed by atoms with Crippen molar-refractivity contribution in [2.75, 3.05) is 61.2 Å². The average Bonchev–Trinajstić information content (AvgIpc) is 3.35. The first-order valence-electron chi connectivity index (χ1n) is 27.4. The van der Waals surface area contributed by atoms with Crippen LogP contribution in [0.15, 0.2) is 29.2 Å². The maximum Gasteiger partial charge on any atom is 0.341 e. The summed E-state index contributed by atoms with van der Waals surface area (Å²) in [6.45, 7) is 23.0. The third kappa shape index (κ3) is 13.8. The van der Waals surface area contributed by atoms with E-state index in [2.05, 4.69) is 0 Å². The number of cyclic esters (lactones) is 1. The molecule has 4 aliphatic heterocycles. The van der Waals surface area contributed by atoms with Gasteiger partial charge in [0, 0.05) is 44.3 Å². The number of carboxylic acids is 1. The van der Waals surface area contributed by atoms with Crippen molar-refractivity contribution in [3.63, 3.8) is 0 Å². The first-order valence-corrected chi connectivity index (χ1v) is 27.4. The molecule has 5 N–H and O–H groups in total. The van der Waals surface area contributed by atoms with Gasteiger partial charge in [0.05, 0.1) is 77.8 Å². The number of carboxylic acid groups (broad SMARTS) is 1. The number of ether oxygens (including phenoxy) is 9. The van der Waals surface area contributed by atoms with Crippen LogP contribution in [0.1, 0.15) is 125 Å². The molecule has 18 atom stereocenters. The Morgan fingerprint density at radius 3 is 2.27 bits per heavy atom. The van der Waals surface area contributed by atoms with Gasteiger partial charge in [-0.25, -0.2) is 4.79 Å². The van der Waals surface area contributed by atoms with Gasteiger partial charge in [0.25, 0.3) is 0 Å². The highest BCUT2D eigenvalue weighted by atomic mass is 16.7. The molecule has 436 valence electrons. The second kappa shape index (κ2) is 25.0. The molecule has 5 heterocycles. The third-order valence-corrected chi connectivity index (χ3v) is 16.8. The minimum atomic E-state index is -1.85. The lowest BCUT2D eigenvalue weighted by molar-refractivity contribution is -0.321. The highest BCUT2D eigenvalue weighted by Gasteiger charge is 2.53. The molecular formula is C57H91N3O17. The maximum absolute atomic E-state index is 14.6. The van der Waals surface area contributed by atoms with Gasteiger partial charge in [0.15, 0.2) is 12.6 Å². The fraction of sp³-hybridized carbons (Fsp3) is 0.772. The summed E-state index contributed by atoms with van der Waals surface area (Å²) < 4.78 is 59.2. The molecule has 6 rings (SSSR count). The van der Waals surface area contributed by atoms with Crippen molar-refractivity contribution < 1.29 is 77.8 Å². The van der Waals surface area contributed by atoms with Gasteiger partial charge in [-0.1, -0.05) is 32.9 Å². The van der Waals surface area contributed by atoms with Crippen LogP contribution in [-0.2, 0) is 48.2 Å². The SMILES string of the molecule is CC[C@H]1OC(=O)[C@H](C)[C@@H](OC2C[C@@](C)(OC)[C@@H](OCCOC/C=C/c3cc4c5c(c3)c(=O)c(C(=O)O)cn5C(C)(C)CO4)[C@H](C)O2)[C@H](C)[C@@H](O[C@@H]2O[C@H](C)C[C@H](N(C)C)[C@H]2O)[C@](C)(O)C[C@@H](C)CN(C)[C@H](C)[C@H](O)[C@]1(C)O. The van der Waals surface area contributed by atoms with E-state index in [-0.39, 0.29) is 68.1 Å². The van der Waals surface area contributed by atoms with Crippen LogP contribution in [0.5, 0.6) is 5.75 Å². The molecule has 1 aromatic heterocycles. The number of aromatic carboxylic acids is 1. The predicted molar refractivity (Wildman–Crippen MR) is 288 cm³/mol. The van der Waals surface area contributed by atoms with Crippen molar-refractivity contribution in [1.82, 2.24) is 14.4 Å². The molecule has 0 aliphatic carbocycles. The molecule has 2 aromatic rings. The number of hydrogen-bond donors (Lipinski definition) is 5. The quantitative estimate of drug-likeness (QED) is 0.119. The molecule has 0 bridgehead atoms. The molecule has 0 amide bonds. The number of likely N-dealkylation sites (N-methyl/N-ethyl adjacent to an activating group) is 2. The van der Waals surface area contributed by atoms with Crippen molar-refractivity contribution in [2.45, 2.75) is 205 Å². The first-order chi connectivity index (χ1) is 35.9. The number of nitrogens with zero attached hydrogens (tertiary/aromatic N) is 3. The molecule has 3 fully saturated rings. The van der Waals surface area contributed by atoms with E-state index in [1.165, 1.54) is 13.1 Å². The Morgan fingerprint density at radius 2 is 1.64 bits per heavy atom. The lowest BCUT2D eigenvalue weighted by atomic mass is 9.77. The molecule has 4 aliphatic rings. The van der Waals surface area contributed by atoms with Crippen LogP contribution in [0.3, 0.4) is 0 Å².